The van der Waals surface area contributed by atoms with Gasteiger partial charge in [-0.25, -0.2) is 0 Å². The molecule has 0 saturated carbocycles. The van der Waals surface area contributed by atoms with Crippen LogP contribution in [-0.4, -0.2) is 44.4 Å². The largest absolute Gasteiger partial charge is 0.379 e. The maximum Gasteiger partial charge on any atom is 0.0597 e. The van der Waals surface area contributed by atoms with Crippen LogP contribution < -0.4 is 5.32 Å². The van der Waals surface area contributed by atoms with Crippen molar-refractivity contribution in [1.29, 1.82) is 0 Å². The first kappa shape index (κ1) is 7.98. The summed E-state index contributed by atoms with van der Waals surface area (Å²) in [5, 5.41) is 3.09. The number of hydrogen-bond acceptors (Lipinski definition) is 3. The first-order valence-electron chi connectivity index (χ1n) is 3.66. The lowest BCUT2D eigenvalue weighted by atomic mass is 10.4. The Hall–Kier alpha value is -0.120. The van der Waals surface area contributed by atoms with E-state index < -0.39 is 0 Å². The fourth-order valence-corrected chi connectivity index (χ4v) is 1.07. The van der Waals surface area contributed by atoms with Crippen LogP contribution in [-0.2, 0) is 4.74 Å². The molecule has 10 heavy (non-hydrogen) atoms. The predicted octanol–water partition coefficient (Wildman–Crippen LogP) is -0.302. The minimum atomic E-state index is 0.240. The third-order valence-corrected chi connectivity index (χ3v) is 1.82. The lowest BCUT2D eigenvalue weighted by Crippen LogP contribution is -2.47. The lowest BCUT2D eigenvalue weighted by molar-refractivity contribution is 0.0203. The summed E-state index contributed by atoms with van der Waals surface area (Å²) in [5.74, 6) is 0. The molecule has 3 nitrogen and oxygen atoms in total. The van der Waals surface area contributed by atoms with Gasteiger partial charge in [0.05, 0.1) is 19.4 Å². The summed E-state index contributed by atoms with van der Waals surface area (Å²) in [7, 11) is 1.92. The zero-order valence-electron chi connectivity index (χ0n) is 6.47. The molecule has 1 N–H and O–H groups in total. The topological polar surface area (TPSA) is 24.5 Å². The highest BCUT2D eigenvalue weighted by Gasteiger charge is 2.14. The molecule has 0 aromatic carbocycles. The average Bonchev–Trinajstić information content (AvgIpc) is 2.05. The standard InChI is InChI=1S/C7H15N2O/c1-7(8-2)9-3-5-10-6-4-9/h7-8H,1,3-6H2,2H3. The molecule has 0 amide bonds. The van der Waals surface area contributed by atoms with E-state index in [-0.39, 0.29) is 6.17 Å². The quantitative estimate of drug-likeness (QED) is 0.574. The maximum atomic E-state index is 5.20. The van der Waals surface area contributed by atoms with Gasteiger partial charge >= 0.3 is 0 Å². The van der Waals surface area contributed by atoms with Gasteiger partial charge in [0.15, 0.2) is 0 Å². The summed E-state index contributed by atoms with van der Waals surface area (Å²) in [6.45, 7) is 7.61. The van der Waals surface area contributed by atoms with Crippen molar-refractivity contribution in [2.24, 2.45) is 0 Å². The maximum absolute atomic E-state index is 5.20. The normalized spacial score (nSPS) is 24.6. The number of ether oxygens (including phenoxy) is 1. The fraction of sp³-hybridized carbons (Fsp3) is 0.857. The van der Waals surface area contributed by atoms with Gasteiger partial charge in [-0.1, -0.05) is 0 Å². The van der Waals surface area contributed by atoms with Gasteiger partial charge in [0.1, 0.15) is 0 Å². The summed E-state index contributed by atoms with van der Waals surface area (Å²) in [5.41, 5.74) is 0. The van der Waals surface area contributed by atoms with Crippen LogP contribution in [0.3, 0.4) is 0 Å². The van der Waals surface area contributed by atoms with Crippen molar-refractivity contribution >= 4 is 0 Å². The number of nitrogens with one attached hydrogen (secondary N) is 1. The van der Waals surface area contributed by atoms with Gasteiger partial charge in [-0.05, 0) is 14.0 Å². The van der Waals surface area contributed by atoms with E-state index in [0.29, 0.717) is 0 Å². The smallest absolute Gasteiger partial charge is 0.0597 e. The molecule has 1 fully saturated rings. The van der Waals surface area contributed by atoms with Gasteiger partial charge in [-0.2, -0.15) is 0 Å². The van der Waals surface area contributed by atoms with Crippen LogP contribution in [0.15, 0.2) is 0 Å². The number of nitrogens with zero attached hydrogens (tertiary/aromatic N) is 1. The number of morpholine rings is 1. The molecular formula is C7H15N2O. The molecule has 1 atom stereocenters. The van der Waals surface area contributed by atoms with Crippen LogP contribution in [0.1, 0.15) is 0 Å². The van der Waals surface area contributed by atoms with Crippen molar-refractivity contribution in [2.45, 2.75) is 6.17 Å². The molecule has 1 unspecified atom stereocenters. The molecule has 1 saturated heterocycles. The van der Waals surface area contributed by atoms with E-state index in [4.69, 9.17) is 4.74 Å². The van der Waals surface area contributed by atoms with Crippen molar-refractivity contribution in [3.8, 4) is 0 Å². The van der Waals surface area contributed by atoms with Gasteiger partial charge in [-0.3, -0.25) is 4.90 Å². The van der Waals surface area contributed by atoms with E-state index in [0.717, 1.165) is 26.3 Å². The van der Waals surface area contributed by atoms with Crippen LogP contribution in [0.2, 0.25) is 0 Å². The Balaban J connectivity index is 2.24. The monoisotopic (exact) mass is 143 g/mol. The van der Waals surface area contributed by atoms with Crippen molar-refractivity contribution in [2.75, 3.05) is 33.4 Å². The molecule has 0 aromatic heterocycles. The van der Waals surface area contributed by atoms with Crippen LogP contribution in [0.25, 0.3) is 0 Å². The molecule has 0 bridgehead atoms. The summed E-state index contributed by atoms with van der Waals surface area (Å²) < 4.78 is 5.20. The third-order valence-electron chi connectivity index (χ3n) is 1.82. The predicted molar refractivity (Wildman–Crippen MR) is 40.6 cm³/mol. The Morgan fingerprint density at radius 3 is 2.60 bits per heavy atom. The van der Waals surface area contributed by atoms with Crippen LogP contribution in [0.5, 0.6) is 0 Å². The first-order chi connectivity index (χ1) is 4.84. The lowest BCUT2D eigenvalue weighted by Gasteiger charge is -2.31. The van der Waals surface area contributed by atoms with E-state index in [1.807, 2.05) is 7.05 Å². The Morgan fingerprint density at radius 1 is 1.50 bits per heavy atom. The minimum absolute atomic E-state index is 0.240. The van der Waals surface area contributed by atoms with E-state index in [9.17, 15) is 0 Å². The highest BCUT2D eigenvalue weighted by atomic mass is 16.5. The Bertz CT molecular complexity index is 91.6. The van der Waals surface area contributed by atoms with Crippen molar-refractivity contribution in [3.05, 3.63) is 6.92 Å². The Morgan fingerprint density at radius 2 is 2.10 bits per heavy atom. The first-order valence-corrected chi connectivity index (χ1v) is 3.66. The number of hydrogen-bond donors (Lipinski definition) is 1. The second kappa shape index (κ2) is 3.91. The molecular weight excluding hydrogens is 128 g/mol. The SMILES string of the molecule is [CH2]C(NC)N1CCOCC1. The summed E-state index contributed by atoms with van der Waals surface area (Å²) >= 11 is 0. The second-order valence-electron chi connectivity index (χ2n) is 2.45. The van der Waals surface area contributed by atoms with Crippen molar-refractivity contribution in [1.82, 2.24) is 10.2 Å². The highest BCUT2D eigenvalue weighted by molar-refractivity contribution is 4.71. The fourth-order valence-electron chi connectivity index (χ4n) is 1.07. The van der Waals surface area contributed by atoms with Gasteiger partial charge in [0.2, 0.25) is 0 Å². The minimum Gasteiger partial charge on any atom is -0.379 e. The van der Waals surface area contributed by atoms with Gasteiger partial charge in [-0.15, -0.1) is 0 Å². The third kappa shape index (κ3) is 1.94. The molecule has 1 aliphatic rings. The Labute approximate surface area is 62.3 Å². The van der Waals surface area contributed by atoms with Gasteiger partial charge in [0.25, 0.3) is 0 Å². The van der Waals surface area contributed by atoms with E-state index >= 15 is 0 Å². The van der Waals surface area contributed by atoms with E-state index in [2.05, 4.69) is 17.1 Å². The molecule has 1 radical (unpaired) electrons. The van der Waals surface area contributed by atoms with E-state index in [1.165, 1.54) is 0 Å². The van der Waals surface area contributed by atoms with Crippen molar-refractivity contribution in [3.63, 3.8) is 0 Å². The van der Waals surface area contributed by atoms with Gasteiger partial charge < -0.3 is 10.1 Å². The van der Waals surface area contributed by atoms with Gasteiger partial charge in [0, 0.05) is 13.1 Å². The number of rotatable bonds is 2. The van der Waals surface area contributed by atoms with Crippen LogP contribution in [0.4, 0.5) is 0 Å². The highest BCUT2D eigenvalue weighted by Crippen LogP contribution is 1.99. The molecule has 0 spiro atoms. The van der Waals surface area contributed by atoms with Crippen LogP contribution >= 0.6 is 0 Å². The van der Waals surface area contributed by atoms with E-state index in [1.54, 1.807) is 0 Å². The molecule has 1 rings (SSSR count). The molecule has 0 aliphatic carbocycles. The molecule has 0 aromatic rings. The molecule has 59 valence electrons. The Kier molecular flexibility index (Phi) is 3.12. The summed E-state index contributed by atoms with van der Waals surface area (Å²) in [6, 6.07) is 0. The summed E-state index contributed by atoms with van der Waals surface area (Å²) in [4.78, 5) is 2.27. The molecule has 1 heterocycles. The average molecular weight is 143 g/mol. The second-order valence-corrected chi connectivity index (χ2v) is 2.45. The molecule has 3 heteroatoms. The zero-order valence-corrected chi connectivity index (χ0v) is 6.47. The zero-order chi connectivity index (χ0) is 7.40. The van der Waals surface area contributed by atoms with Crippen molar-refractivity contribution < 1.29 is 4.74 Å². The summed E-state index contributed by atoms with van der Waals surface area (Å²) in [6.07, 6.45) is 0.240. The van der Waals surface area contributed by atoms with Crippen LogP contribution in [0, 0.1) is 6.92 Å². The molecule has 1 aliphatic heterocycles.